The Morgan fingerprint density at radius 3 is 2.69 bits per heavy atom. The zero-order valence-corrected chi connectivity index (χ0v) is 16.6. The molecule has 0 radical (unpaired) electrons. The van der Waals surface area contributed by atoms with Crippen molar-refractivity contribution in [3.05, 3.63) is 23.8 Å². The van der Waals surface area contributed by atoms with Crippen molar-refractivity contribution < 1.29 is 14.7 Å². The van der Waals surface area contributed by atoms with Gasteiger partial charge in [0.1, 0.15) is 0 Å². The van der Waals surface area contributed by atoms with Crippen LogP contribution in [0.2, 0.25) is 0 Å². The Morgan fingerprint density at radius 2 is 2.00 bits per heavy atom. The van der Waals surface area contributed by atoms with Crippen LogP contribution in [-0.4, -0.2) is 41.9 Å². The van der Waals surface area contributed by atoms with Crippen molar-refractivity contribution in [2.75, 3.05) is 14.1 Å². The number of hydrogen-bond donors (Lipinski definition) is 1. The van der Waals surface area contributed by atoms with E-state index in [0.29, 0.717) is 24.7 Å². The Morgan fingerprint density at radius 1 is 1.23 bits per heavy atom. The van der Waals surface area contributed by atoms with Gasteiger partial charge in [0.15, 0.2) is 5.78 Å². The van der Waals surface area contributed by atoms with Gasteiger partial charge in [-0.1, -0.05) is 31.1 Å². The summed E-state index contributed by atoms with van der Waals surface area (Å²) in [5.41, 5.74) is 1.47. The Balaban J connectivity index is 1.78. The van der Waals surface area contributed by atoms with Gasteiger partial charge in [0, 0.05) is 32.9 Å². The second kappa shape index (κ2) is 10.1. The molecular formula is C22H35NO3. The Kier molecular flexibility index (Phi) is 8.08. The van der Waals surface area contributed by atoms with Crippen molar-refractivity contribution in [3.63, 3.8) is 0 Å². The molecule has 1 unspecified atom stereocenters. The number of unbranched alkanes of at least 4 members (excludes halogenated alkanes) is 2. The van der Waals surface area contributed by atoms with Crippen LogP contribution in [0.5, 0.6) is 0 Å². The van der Waals surface area contributed by atoms with E-state index in [2.05, 4.69) is 13.0 Å². The van der Waals surface area contributed by atoms with E-state index < -0.39 is 0 Å². The fourth-order valence-electron chi connectivity index (χ4n) is 4.30. The molecule has 4 nitrogen and oxygen atoms in total. The van der Waals surface area contributed by atoms with Gasteiger partial charge in [0.25, 0.3) is 0 Å². The summed E-state index contributed by atoms with van der Waals surface area (Å²) in [6, 6.07) is 0. The van der Waals surface area contributed by atoms with Crippen molar-refractivity contribution in [2.45, 2.75) is 70.8 Å². The predicted octanol–water partition coefficient (Wildman–Crippen LogP) is 3.89. The lowest BCUT2D eigenvalue weighted by atomic mass is 9.88. The third-order valence-electron chi connectivity index (χ3n) is 5.87. The van der Waals surface area contributed by atoms with Crippen LogP contribution in [0.15, 0.2) is 23.8 Å². The topological polar surface area (TPSA) is 57.6 Å². The Hall–Kier alpha value is -1.42. The number of nitrogens with zero attached hydrogens (tertiary/aromatic N) is 1. The summed E-state index contributed by atoms with van der Waals surface area (Å²) in [7, 11) is 3.60. The maximum absolute atomic E-state index is 11.9. The maximum Gasteiger partial charge on any atom is 0.222 e. The van der Waals surface area contributed by atoms with E-state index in [1.807, 2.05) is 6.08 Å². The second-order valence-corrected chi connectivity index (χ2v) is 8.16. The SMILES string of the molecule is CCCCC(=O)C=C[C@H]1[C@H](O)CC2C=C(CCCCC(=O)N(C)C)C[C@@H]21. The van der Waals surface area contributed by atoms with E-state index in [0.717, 1.165) is 44.9 Å². The van der Waals surface area contributed by atoms with Gasteiger partial charge in [-0.05, 0) is 56.4 Å². The van der Waals surface area contributed by atoms with E-state index in [1.54, 1.807) is 25.1 Å². The number of allylic oxidation sites excluding steroid dienone is 3. The van der Waals surface area contributed by atoms with Crippen LogP contribution >= 0.6 is 0 Å². The minimum absolute atomic E-state index is 0.106. The van der Waals surface area contributed by atoms with Crippen molar-refractivity contribution in [3.8, 4) is 0 Å². The molecule has 1 fully saturated rings. The first-order valence-corrected chi connectivity index (χ1v) is 10.2. The van der Waals surface area contributed by atoms with Crippen LogP contribution in [0.25, 0.3) is 0 Å². The highest BCUT2D eigenvalue weighted by atomic mass is 16.3. The van der Waals surface area contributed by atoms with E-state index in [9.17, 15) is 14.7 Å². The van der Waals surface area contributed by atoms with Gasteiger partial charge in [-0.3, -0.25) is 9.59 Å². The van der Waals surface area contributed by atoms with Gasteiger partial charge in [-0.15, -0.1) is 0 Å². The van der Waals surface area contributed by atoms with Crippen LogP contribution in [0.3, 0.4) is 0 Å². The van der Waals surface area contributed by atoms with Crippen LogP contribution < -0.4 is 0 Å². The molecule has 2 aliphatic rings. The van der Waals surface area contributed by atoms with Crippen molar-refractivity contribution >= 4 is 11.7 Å². The number of carbonyl (C=O) groups is 2. The maximum atomic E-state index is 11.9. The minimum Gasteiger partial charge on any atom is -0.392 e. The highest BCUT2D eigenvalue weighted by Crippen LogP contribution is 2.48. The van der Waals surface area contributed by atoms with E-state index in [-0.39, 0.29) is 23.7 Å². The van der Waals surface area contributed by atoms with Gasteiger partial charge in [-0.2, -0.15) is 0 Å². The first kappa shape index (κ1) is 20.9. The predicted molar refractivity (Wildman–Crippen MR) is 105 cm³/mol. The van der Waals surface area contributed by atoms with E-state index >= 15 is 0 Å². The summed E-state index contributed by atoms with van der Waals surface area (Å²) in [5, 5.41) is 10.4. The standard InChI is InChI=1S/C22H35NO3/c1-4-5-9-18(24)11-12-19-20-14-16(13-17(20)15-21(19)25)8-6-7-10-22(26)23(2)3/h11-13,17,19-21,25H,4-10,14-15H2,1-3H3/t17?,19-,20+,21-/m1/s1. The molecule has 0 heterocycles. The van der Waals surface area contributed by atoms with Crippen molar-refractivity contribution in [1.29, 1.82) is 0 Å². The summed E-state index contributed by atoms with van der Waals surface area (Å²) >= 11 is 0. The quantitative estimate of drug-likeness (QED) is 0.365. The Labute approximate surface area is 158 Å². The summed E-state index contributed by atoms with van der Waals surface area (Å²) in [4.78, 5) is 25.2. The smallest absolute Gasteiger partial charge is 0.222 e. The molecule has 0 aromatic heterocycles. The number of rotatable bonds is 10. The molecule has 2 aliphatic carbocycles. The number of fused-ring (bicyclic) bond motifs is 1. The van der Waals surface area contributed by atoms with E-state index in [1.165, 1.54) is 5.57 Å². The molecule has 0 aromatic carbocycles. The number of hydrogen-bond acceptors (Lipinski definition) is 3. The molecule has 0 aromatic rings. The molecule has 0 bridgehead atoms. The van der Waals surface area contributed by atoms with Crippen LogP contribution in [-0.2, 0) is 9.59 Å². The number of carbonyl (C=O) groups excluding carboxylic acids is 2. The normalized spacial score (nSPS) is 27.6. The fraction of sp³-hybridized carbons (Fsp3) is 0.727. The third-order valence-corrected chi connectivity index (χ3v) is 5.87. The number of amides is 1. The first-order chi connectivity index (χ1) is 12.4. The molecule has 4 atom stereocenters. The number of ketones is 1. The summed E-state index contributed by atoms with van der Waals surface area (Å²) in [5.74, 6) is 1.37. The van der Waals surface area contributed by atoms with Crippen LogP contribution in [0.1, 0.15) is 64.7 Å². The first-order valence-electron chi connectivity index (χ1n) is 10.2. The second-order valence-electron chi connectivity index (χ2n) is 8.16. The molecule has 4 heteroatoms. The van der Waals surface area contributed by atoms with Crippen molar-refractivity contribution in [2.24, 2.45) is 17.8 Å². The summed E-state index contributed by atoms with van der Waals surface area (Å²) in [6.07, 6.45) is 13.8. The lowest BCUT2D eigenvalue weighted by Gasteiger charge is -2.18. The molecule has 2 rings (SSSR count). The highest BCUT2D eigenvalue weighted by Gasteiger charge is 2.43. The third kappa shape index (κ3) is 5.80. The zero-order chi connectivity index (χ0) is 19.1. The molecule has 1 saturated carbocycles. The summed E-state index contributed by atoms with van der Waals surface area (Å²) in [6.45, 7) is 2.09. The van der Waals surface area contributed by atoms with E-state index in [4.69, 9.17) is 0 Å². The average Bonchev–Trinajstić information content (AvgIpc) is 3.11. The molecule has 1 amide bonds. The Bertz CT molecular complexity index is 550. The summed E-state index contributed by atoms with van der Waals surface area (Å²) < 4.78 is 0. The molecule has 146 valence electrons. The van der Waals surface area contributed by atoms with Crippen LogP contribution in [0.4, 0.5) is 0 Å². The fourth-order valence-corrected chi connectivity index (χ4v) is 4.30. The molecule has 0 spiro atoms. The lowest BCUT2D eigenvalue weighted by molar-refractivity contribution is -0.128. The largest absolute Gasteiger partial charge is 0.392 e. The average molecular weight is 362 g/mol. The molecule has 1 N–H and O–H groups in total. The lowest BCUT2D eigenvalue weighted by Crippen LogP contribution is -2.21. The van der Waals surface area contributed by atoms with Gasteiger partial charge >= 0.3 is 0 Å². The minimum atomic E-state index is -0.323. The molecule has 0 saturated heterocycles. The van der Waals surface area contributed by atoms with Gasteiger partial charge < -0.3 is 10.0 Å². The van der Waals surface area contributed by atoms with Gasteiger partial charge in [0.05, 0.1) is 6.10 Å². The molecule has 0 aliphatic heterocycles. The van der Waals surface area contributed by atoms with Crippen LogP contribution in [0, 0.1) is 17.8 Å². The number of aliphatic hydroxyl groups is 1. The molecule has 26 heavy (non-hydrogen) atoms. The van der Waals surface area contributed by atoms with Gasteiger partial charge in [0.2, 0.25) is 5.91 Å². The van der Waals surface area contributed by atoms with Gasteiger partial charge in [-0.25, -0.2) is 0 Å². The molecular weight excluding hydrogens is 326 g/mol. The highest BCUT2D eigenvalue weighted by molar-refractivity contribution is 5.89. The van der Waals surface area contributed by atoms with Crippen molar-refractivity contribution in [1.82, 2.24) is 4.90 Å². The zero-order valence-electron chi connectivity index (χ0n) is 16.6. The monoisotopic (exact) mass is 361 g/mol. The number of aliphatic hydroxyl groups excluding tert-OH is 1.